The molecule has 2 aromatic rings. The largest absolute Gasteiger partial charge is 0.464 e. The van der Waals surface area contributed by atoms with Gasteiger partial charge >= 0.3 is 5.97 Å². The Kier molecular flexibility index (Phi) is 3.00. The van der Waals surface area contributed by atoms with Crippen LogP contribution in [-0.2, 0) is 4.74 Å². The van der Waals surface area contributed by atoms with Crippen molar-refractivity contribution in [3.05, 3.63) is 34.7 Å². The number of rotatable bonds is 2. The number of ether oxygens (including phenoxy) is 1. The Balaban J connectivity index is 2.35. The number of hydrogen-bond acceptors (Lipinski definition) is 4. The molecule has 0 unspecified atom stereocenters. The number of methoxy groups -OCH3 is 1. The number of carbonyl (C=O) groups is 1. The van der Waals surface area contributed by atoms with E-state index in [2.05, 4.69) is 35.8 Å². The first-order valence-corrected chi connectivity index (χ1v) is 5.24. The number of H-pyrrole nitrogens is 1. The van der Waals surface area contributed by atoms with E-state index in [9.17, 15) is 4.79 Å². The van der Waals surface area contributed by atoms with E-state index in [4.69, 9.17) is 0 Å². The Morgan fingerprint density at radius 1 is 1.44 bits per heavy atom. The van der Waals surface area contributed by atoms with E-state index >= 15 is 0 Å². The zero-order valence-electron chi connectivity index (χ0n) is 8.40. The van der Waals surface area contributed by atoms with Gasteiger partial charge in [0.05, 0.1) is 12.8 Å². The lowest BCUT2D eigenvalue weighted by Crippen LogP contribution is -2.00. The van der Waals surface area contributed by atoms with Gasteiger partial charge in [-0.2, -0.15) is 5.10 Å². The van der Waals surface area contributed by atoms with Crippen LogP contribution in [0.3, 0.4) is 0 Å². The molecule has 16 heavy (non-hydrogen) atoms. The predicted octanol–water partition coefficient (Wildman–Crippen LogP) is 2.02. The van der Waals surface area contributed by atoms with Crippen LogP contribution in [0.5, 0.6) is 0 Å². The fraction of sp³-hybridized carbons (Fsp3) is 0.100. The van der Waals surface area contributed by atoms with Crippen molar-refractivity contribution in [1.82, 2.24) is 15.2 Å². The van der Waals surface area contributed by atoms with Crippen LogP contribution in [0, 0.1) is 0 Å². The average molecular weight is 282 g/mol. The van der Waals surface area contributed by atoms with E-state index < -0.39 is 5.97 Å². The molecule has 1 N–H and O–H groups in total. The molecule has 0 amide bonds. The van der Waals surface area contributed by atoms with Crippen molar-refractivity contribution >= 4 is 21.9 Å². The molecule has 5 nitrogen and oxygen atoms in total. The van der Waals surface area contributed by atoms with Crippen molar-refractivity contribution in [1.29, 1.82) is 0 Å². The molecule has 2 heterocycles. The topological polar surface area (TPSA) is 67.9 Å². The lowest BCUT2D eigenvalue weighted by Gasteiger charge is -1.95. The minimum Gasteiger partial charge on any atom is -0.464 e. The summed E-state index contributed by atoms with van der Waals surface area (Å²) in [5.41, 5.74) is 1.78. The Labute approximate surface area is 100.0 Å². The zero-order valence-corrected chi connectivity index (χ0v) is 9.98. The first-order chi connectivity index (χ1) is 7.70. The predicted molar refractivity (Wildman–Crippen MR) is 60.9 cm³/mol. The molecule has 0 radical (unpaired) electrons. The number of nitrogens with one attached hydrogen (secondary N) is 1. The summed E-state index contributed by atoms with van der Waals surface area (Å²) in [6, 6.07) is 3.49. The van der Waals surface area contributed by atoms with Gasteiger partial charge in [-0.05, 0) is 28.1 Å². The van der Waals surface area contributed by atoms with Crippen LogP contribution in [-0.4, -0.2) is 28.3 Å². The molecule has 0 saturated carbocycles. The maximum atomic E-state index is 11.2. The molecule has 0 atom stereocenters. The van der Waals surface area contributed by atoms with Crippen LogP contribution in [0.4, 0.5) is 0 Å². The van der Waals surface area contributed by atoms with Gasteiger partial charge in [-0.15, -0.1) is 0 Å². The number of aromatic amines is 1. The van der Waals surface area contributed by atoms with Crippen molar-refractivity contribution in [2.24, 2.45) is 0 Å². The van der Waals surface area contributed by atoms with Crippen LogP contribution in [0.2, 0.25) is 0 Å². The van der Waals surface area contributed by atoms with Crippen molar-refractivity contribution < 1.29 is 9.53 Å². The van der Waals surface area contributed by atoms with E-state index in [0.29, 0.717) is 11.4 Å². The van der Waals surface area contributed by atoms with Crippen LogP contribution < -0.4 is 0 Å². The summed E-state index contributed by atoms with van der Waals surface area (Å²) in [5, 5.41) is 6.62. The van der Waals surface area contributed by atoms with Crippen molar-refractivity contribution in [2.45, 2.75) is 0 Å². The Morgan fingerprint density at radius 3 is 2.94 bits per heavy atom. The monoisotopic (exact) mass is 281 g/mol. The van der Waals surface area contributed by atoms with E-state index in [1.165, 1.54) is 7.11 Å². The van der Waals surface area contributed by atoms with Crippen molar-refractivity contribution in [3.63, 3.8) is 0 Å². The second-order valence-electron chi connectivity index (χ2n) is 3.05. The van der Waals surface area contributed by atoms with Crippen LogP contribution in [0.15, 0.2) is 29.0 Å². The van der Waals surface area contributed by atoms with Gasteiger partial charge in [0.25, 0.3) is 0 Å². The molecule has 0 aliphatic heterocycles. The summed E-state index contributed by atoms with van der Waals surface area (Å²) in [6.45, 7) is 0. The molecule has 0 aromatic carbocycles. The number of carbonyl (C=O) groups excluding carboxylic acids is 1. The fourth-order valence-electron chi connectivity index (χ4n) is 1.24. The minimum absolute atomic E-state index is 0.317. The van der Waals surface area contributed by atoms with Crippen molar-refractivity contribution in [3.8, 4) is 11.3 Å². The number of esters is 1. The average Bonchev–Trinajstić information content (AvgIpc) is 2.77. The molecule has 2 rings (SSSR count). The molecule has 0 saturated heterocycles. The first kappa shape index (κ1) is 10.8. The molecule has 0 fully saturated rings. The smallest absolute Gasteiger partial charge is 0.356 e. The van der Waals surface area contributed by atoms with Gasteiger partial charge in [0.2, 0.25) is 0 Å². The molecular weight excluding hydrogens is 274 g/mol. The van der Waals surface area contributed by atoms with Crippen LogP contribution in [0.1, 0.15) is 10.5 Å². The molecule has 0 aliphatic carbocycles. The third-order valence-corrected chi connectivity index (χ3v) is 2.42. The molecule has 6 heteroatoms. The number of aromatic nitrogens is 3. The molecule has 2 aromatic heterocycles. The second kappa shape index (κ2) is 4.44. The molecular formula is C10H8BrN3O2. The van der Waals surface area contributed by atoms with E-state index in [-0.39, 0.29) is 0 Å². The van der Waals surface area contributed by atoms with Gasteiger partial charge in [0, 0.05) is 22.4 Å². The van der Waals surface area contributed by atoms with Crippen LogP contribution in [0.25, 0.3) is 11.3 Å². The summed E-state index contributed by atoms with van der Waals surface area (Å²) in [5.74, 6) is -0.443. The highest BCUT2D eigenvalue weighted by atomic mass is 79.9. The zero-order chi connectivity index (χ0) is 11.5. The van der Waals surface area contributed by atoms with Gasteiger partial charge < -0.3 is 4.74 Å². The summed E-state index contributed by atoms with van der Waals surface area (Å²) < 4.78 is 5.43. The highest BCUT2D eigenvalue weighted by molar-refractivity contribution is 9.10. The Morgan fingerprint density at radius 2 is 2.25 bits per heavy atom. The Hall–Kier alpha value is -1.69. The van der Waals surface area contributed by atoms with Gasteiger partial charge in [0.15, 0.2) is 0 Å². The summed E-state index contributed by atoms with van der Waals surface area (Å²) in [7, 11) is 1.32. The molecule has 0 bridgehead atoms. The minimum atomic E-state index is -0.443. The van der Waals surface area contributed by atoms with E-state index in [1.54, 1.807) is 18.5 Å². The van der Waals surface area contributed by atoms with Crippen LogP contribution >= 0.6 is 15.9 Å². The third kappa shape index (κ3) is 2.11. The lowest BCUT2D eigenvalue weighted by atomic mass is 10.2. The quantitative estimate of drug-likeness (QED) is 0.856. The molecule has 0 aliphatic rings. The number of hydrogen-bond donors (Lipinski definition) is 1. The summed E-state index contributed by atoms with van der Waals surface area (Å²) >= 11 is 3.32. The summed E-state index contributed by atoms with van der Waals surface area (Å²) in [6.07, 6.45) is 3.35. The maximum absolute atomic E-state index is 11.2. The Bertz CT molecular complexity index is 524. The van der Waals surface area contributed by atoms with Gasteiger partial charge in [-0.3, -0.25) is 10.1 Å². The number of pyridine rings is 1. The second-order valence-corrected chi connectivity index (χ2v) is 3.97. The third-order valence-electron chi connectivity index (χ3n) is 1.98. The lowest BCUT2D eigenvalue weighted by molar-refractivity contribution is 0.0594. The highest BCUT2D eigenvalue weighted by Crippen LogP contribution is 2.20. The van der Waals surface area contributed by atoms with Gasteiger partial charge in [-0.1, -0.05) is 0 Å². The highest BCUT2D eigenvalue weighted by Gasteiger charge is 2.11. The van der Waals surface area contributed by atoms with Gasteiger partial charge in [0.1, 0.15) is 5.69 Å². The normalized spacial score (nSPS) is 10.1. The number of halogens is 1. The fourth-order valence-corrected chi connectivity index (χ4v) is 1.60. The molecule has 0 spiro atoms. The summed E-state index contributed by atoms with van der Waals surface area (Å²) in [4.78, 5) is 15.2. The first-order valence-electron chi connectivity index (χ1n) is 4.45. The van der Waals surface area contributed by atoms with Gasteiger partial charge in [-0.25, -0.2) is 4.79 Å². The van der Waals surface area contributed by atoms with E-state index in [1.807, 2.05) is 6.07 Å². The standard InChI is InChI=1S/C10H8BrN3O2/c1-16-10(15)9-3-8(13-14-9)6-2-7(11)5-12-4-6/h2-5H,1H3,(H,13,14). The van der Waals surface area contributed by atoms with Crippen molar-refractivity contribution in [2.75, 3.05) is 7.11 Å². The number of nitrogens with zero attached hydrogens (tertiary/aromatic N) is 2. The molecule has 82 valence electrons. The SMILES string of the molecule is COC(=O)c1cc(-c2cncc(Br)c2)n[nH]1. The maximum Gasteiger partial charge on any atom is 0.356 e. The van der Waals surface area contributed by atoms with E-state index in [0.717, 1.165) is 10.0 Å².